The largest absolute Gasteiger partial charge is 0.393 e. The van der Waals surface area contributed by atoms with Gasteiger partial charge in [-0.3, -0.25) is 4.79 Å². The average molecular weight is 459 g/mol. The molecule has 188 valence electrons. The molecule has 0 aliphatic heterocycles. The van der Waals surface area contributed by atoms with Gasteiger partial charge < -0.3 is 10.2 Å². The van der Waals surface area contributed by atoms with E-state index in [0.717, 1.165) is 63.2 Å². The van der Waals surface area contributed by atoms with Crippen LogP contribution in [0.3, 0.4) is 0 Å². The lowest BCUT2D eigenvalue weighted by Gasteiger charge is -2.71. The van der Waals surface area contributed by atoms with Gasteiger partial charge in [-0.05, 0) is 117 Å². The highest BCUT2D eigenvalue weighted by Crippen LogP contribution is 2.75. The molecule has 4 rings (SSSR count). The van der Waals surface area contributed by atoms with E-state index in [1.54, 1.807) is 0 Å². The van der Waals surface area contributed by atoms with Gasteiger partial charge in [-0.2, -0.15) is 0 Å². The molecule has 9 unspecified atom stereocenters. The first-order valence-corrected chi connectivity index (χ1v) is 13.8. The van der Waals surface area contributed by atoms with Crippen LogP contribution in [0.2, 0.25) is 0 Å². The molecule has 3 nitrogen and oxygen atoms in total. The van der Waals surface area contributed by atoms with E-state index < -0.39 is 5.60 Å². The minimum atomic E-state index is -0.622. The highest BCUT2D eigenvalue weighted by atomic mass is 16.3. The van der Waals surface area contributed by atoms with Crippen molar-refractivity contribution < 1.29 is 15.0 Å². The highest BCUT2D eigenvalue weighted by Gasteiger charge is 2.72. The fourth-order valence-electron chi connectivity index (χ4n) is 10.2. The quantitative estimate of drug-likeness (QED) is 0.355. The second-order valence-corrected chi connectivity index (χ2v) is 14.0. The first-order valence-electron chi connectivity index (χ1n) is 13.8. The summed E-state index contributed by atoms with van der Waals surface area (Å²) in [7, 11) is 0. The fourth-order valence-corrected chi connectivity index (χ4v) is 10.2. The van der Waals surface area contributed by atoms with Crippen molar-refractivity contribution in [2.24, 2.45) is 45.3 Å². The molecule has 4 saturated carbocycles. The lowest BCUT2D eigenvalue weighted by atomic mass is 9.36. The lowest BCUT2D eigenvalue weighted by Crippen LogP contribution is -2.70. The molecule has 0 aromatic carbocycles. The van der Waals surface area contributed by atoms with E-state index in [0.29, 0.717) is 23.7 Å². The predicted octanol–water partition coefficient (Wildman–Crippen LogP) is 6.71. The van der Waals surface area contributed by atoms with Crippen molar-refractivity contribution in [2.75, 3.05) is 0 Å². The van der Waals surface area contributed by atoms with E-state index in [4.69, 9.17) is 0 Å². The van der Waals surface area contributed by atoms with E-state index in [1.807, 2.05) is 6.92 Å². The Kier molecular flexibility index (Phi) is 6.31. The lowest BCUT2D eigenvalue weighted by molar-refractivity contribution is -0.284. The molecule has 0 bridgehead atoms. The van der Waals surface area contributed by atoms with Gasteiger partial charge in [-0.25, -0.2) is 0 Å². The summed E-state index contributed by atoms with van der Waals surface area (Å²) in [6, 6.07) is 0. The molecule has 3 heteroatoms. The van der Waals surface area contributed by atoms with Gasteiger partial charge in [0.1, 0.15) is 6.29 Å². The molecule has 0 heterocycles. The Morgan fingerprint density at radius 2 is 1.55 bits per heavy atom. The molecule has 0 aromatic rings. The van der Waals surface area contributed by atoms with E-state index >= 15 is 0 Å². The van der Waals surface area contributed by atoms with E-state index in [9.17, 15) is 15.0 Å². The van der Waals surface area contributed by atoms with Crippen molar-refractivity contribution in [3.05, 3.63) is 11.6 Å². The molecule has 0 saturated heterocycles. The molecule has 0 aromatic heterocycles. The van der Waals surface area contributed by atoms with E-state index in [-0.39, 0.29) is 27.8 Å². The molecule has 9 atom stereocenters. The number of aldehydes is 1. The van der Waals surface area contributed by atoms with Crippen LogP contribution in [0.4, 0.5) is 0 Å². The predicted molar refractivity (Wildman–Crippen MR) is 135 cm³/mol. The maximum absolute atomic E-state index is 12.6. The standard InChI is InChI=1S/C30H50O3/c1-20(19-31)9-8-10-21(2)22-13-15-28(6)24-12-11-23-26(3,4)25(32)14-16-29(23,7)30(24,33)18-17-27(22,28)5/h9,19,21-25,32-33H,8,10-18H2,1-7H3. The van der Waals surface area contributed by atoms with Gasteiger partial charge in [0.05, 0.1) is 11.7 Å². The number of hydrogen-bond acceptors (Lipinski definition) is 3. The number of carbonyl (C=O) groups is 1. The third kappa shape index (κ3) is 3.38. The van der Waals surface area contributed by atoms with Crippen molar-refractivity contribution in [3.63, 3.8) is 0 Å². The van der Waals surface area contributed by atoms with Crippen LogP contribution in [0.1, 0.15) is 113 Å². The highest BCUT2D eigenvalue weighted by molar-refractivity contribution is 5.71. The third-order valence-corrected chi connectivity index (χ3v) is 12.6. The van der Waals surface area contributed by atoms with Crippen LogP contribution in [0.25, 0.3) is 0 Å². The number of rotatable bonds is 5. The molecular formula is C30H50O3. The van der Waals surface area contributed by atoms with Gasteiger partial charge in [0.2, 0.25) is 0 Å². The zero-order valence-electron chi connectivity index (χ0n) is 22.4. The van der Waals surface area contributed by atoms with Crippen LogP contribution in [0, 0.1) is 45.3 Å². The minimum Gasteiger partial charge on any atom is -0.393 e. The maximum atomic E-state index is 12.6. The van der Waals surface area contributed by atoms with Crippen LogP contribution in [0.5, 0.6) is 0 Å². The van der Waals surface area contributed by atoms with Crippen LogP contribution < -0.4 is 0 Å². The first kappa shape index (κ1) is 25.4. The summed E-state index contributed by atoms with van der Waals surface area (Å²) in [5.74, 6) is 2.05. The third-order valence-electron chi connectivity index (χ3n) is 12.6. The molecular weight excluding hydrogens is 408 g/mol. The van der Waals surface area contributed by atoms with E-state index in [1.165, 1.54) is 12.8 Å². The monoisotopic (exact) mass is 458 g/mol. The van der Waals surface area contributed by atoms with Crippen molar-refractivity contribution in [1.82, 2.24) is 0 Å². The number of allylic oxidation sites excluding steroid dienone is 2. The van der Waals surface area contributed by atoms with Crippen LogP contribution in [-0.2, 0) is 4.79 Å². The summed E-state index contributed by atoms with van der Waals surface area (Å²) in [6.45, 7) is 16.3. The Balaban J connectivity index is 1.61. The normalized spacial score (nSPS) is 50.2. The van der Waals surface area contributed by atoms with Crippen molar-refractivity contribution in [2.45, 2.75) is 124 Å². The second kappa shape index (κ2) is 8.19. The van der Waals surface area contributed by atoms with Crippen LogP contribution in [-0.4, -0.2) is 28.2 Å². The summed E-state index contributed by atoms with van der Waals surface area (Å²) in [5.41, 5.74) is 0.419. The summed E-state index contributed by atoms with van der Waals surface area (Å²) < 4.78 is 0. The molecule has 33 heavy (non-hydrogen) atoms. The average Bonchev–Trinajstić information content (AvgIpc) is 3.03. The fraction of sp³-hybridized carbons (Fsp3) is 0.900. The number of aliphatic hydroxyl groups excluding tert-OH is 1. The first-order chi connectivity index (χ1) is 15.3. The van der Waals surface area contributed by atoms with Crippen LogP contribution >= 0.6 is 0 Å². The van der Waals surface area contributed by atoms with Crippen LogP contribution in [0.15, 0.2) is 11.6 Å². The van der Waals surface area contributed by atoms with Crippen molar-refractivity contribution in [1.29, 1.82) is 0 Å². The number of aliphatic hydroxyl groups is 2. The van der Waals surface area contributed by atoms with Gasteiger partial charge in [0.25, 0.3) is 0 Å². The van der Waals surface area contributed by atoms with Gasteiger partial charge >= 0.3 is 0 Å². The molecule has 0 radical (unpaired) electrons. The van der Waals surface area contributed by atoms with E-state index in [2.05, 4.69) is 47.6 Å². The summed E-state index contributed by atoms with van der Waals surface area (Å²) in [6.07, 6.45) is 13.4. The zero-order chi connectivity index (χ0) is 24.4. The molecule has 0 spiro atoms. The van der Waals surface area contributed by atoms with Gasteiger partial charge in [-0.15, -0.1) is 0 Å². The number of hydrogen-bond donors (Lipinski definition) is 2. The molecule has 4 aliphatic carbocycles. The molecule has 4 aliphatic rings. The zero-order valence-corrected chi connectivity index (χ0v) is 22.4. The Morgan fingerprint density at radius 3 is 2.21 bits per heavy atom. The Morgan fingerprint density at radius 1 is 0.909 bits per heavy atom. The van der Waals surface area contributed by atoms with Gasteiger partial charge in [-0.1, -0.05) is 47.6 Å². The summed E-state index contributed by atoms with van der Waals surface area (Å²) in [4.78, 5) is 11.0. The molecule has 2 N–H and O–H groups in total. The maximum Gasteiger partial charge on any atom is 0.145 e. The van der Waals surface area contributed by atoms with Crippen molar-refractivity contribution >= 4 is 6.29 Å². The molecule has 0 amide bonds. The second-order valence-electron chi connectivity index (χ2n) is 14.0. The Hall–Kier alpha value is -0.670. The molecule has 4 fully saturated rings. The number of carbonyl (C=O) groups excluding carboxylic acids is 1. The van der Waals surface area contributed by atoms with Crippen molar-refractivity contribution in [3.8, 4) is 0 Å². The Bertz CT molecular complexity index is 800. The summed E-state index contributed by atoms with van der Waals surface area (Å²) in [5, 5.41) is 23.4. The minimum absolute atomic E-state index is 0.107. The Labute approximate surface area is 202 Å². The number of fused-ring (bicyclic) bond motifs is 5. The topological polar surface area (TPSA) is 57.5 Å². The SMILES string of the molecule is CC(C=O)=CCCC(C)C1CCC2(C)C3CCC4C(C)(C)C(O)CCC4(C)C3(O)CCC12C. The van der Waals surface area contributed by atoms with Gasteiger partial charge in [0.15, 0.2) is 0 Å². The summed E-state index contributed by atoms with van der Waals surface area (Å²) >= 11 is 0. The smallest absolute Gasteiger partial charge is 0.145 e. The van der Waals surface area contributed by atoms with Gasteiger partial charge in [0, 0.05) is 5.41 Å².